The van der Waals surface area contributed by atoms with Crippen molar-refractivity contribution in [1.29, 1.82) is 0 Å². The van der Waals surface area contributed by atoms with Gasteiger partial charge in [-0.1, -0.05) is 270 Å². The summed E-state index contributed by atoms with van der Waals surface area (Å²) >= 11 is 0. The van der Waals surface area contributed by atoms with Crippen LogP contribution >= 0.6 is 0 Å². The van der Waals surface area contributed by atoms with Gasteiger partial charge in [-0.25, -0.2) is 0 Å². The van der Waals surface area contributed by atoms with Crippen molar-refractivity contribution < 1.29 is 15.0 Å². The van der Waals surface area contributed by atoms with Crippen LogP contribution in [-0.2, 0) is 4.79 Å². The monoisotopic (exact) mass is 924 g/mol. The summed E-state index contributed by atoms with van der Waals surface area (Å²) in [5.74, 6) is -0.136. The number of hydrogen-bond donors (Lipinski definition) is 3. The standard InChI is InChI=1S/C63H105NO3/c1-3-5-7-9-11-13-15-17-19-21-23-25-27-29-31-32-33-35-37-39-41-43-45-47-49-51-53-55-57-59-63(67)64-61(60-65)62(66)58-56-54-52-50-48-46-44-42-40-38-36-34-30-28-26-24-22-20-18-16-14-12-10-8-6-4-2/h5,7,11,13,17,19,23,25,29,31,33,35,39,41,45,47-48,50-51,53,56,58,61-62,65-66H,3-4,6,8-10,12,14-16,18,20-22,24,26-28,30,32,34,36-38,40,42-44,46,49,52,54-55,57,59-60H2,1-2H3,(H,64,67)/b7-5-,13-11-,19-17-,25-23-,31-29-,35-33-,41-39-,47-45-,50-48+,53-51-,58-56+. The second kappa shape index (κ2) is 56.9. The maximum absolute atomic E-state index is 12.4. The topological polar surface area (TPSA) is 69.6 Å². The van der Waals surface area contributed by atoms with E-state index in [1.807, 2.05) is 6.08 Å². The summed E-state index contributed by atoms with van der Waals surface area (Å²) in [5.41, 5.74) is 0. The highest BCUT2D eigenvalue weighted by Gasteiger charge is 2.17. The molecule has 0 aromatic carbocycles. The first kappa shape index (κ1) is 63.5. The molecule has 0 aliphatic carbocycles. The Morgan fingerprint density at radius 3 is 1.04 bits per heavy atom. The van der Waals surface area contributed by atoms with Gasteiger partial charge >= 0.3 is 0 Å². The zero-order valence-electron chi connectivity index (χ0n) is 43.6. The van der Waals surface area contributed by atoms with Gasteiger partial charge in [-0.2, -0.15) is 0 Å². The Kier molecular flexibility index (Phi) is 53.9. The molecule has 0 spiro atoms. The largest absolute Gasteiger partial charge is 0.394 e. The van der Waals surface area contributed by atoms with Gasteiger partial charge in [0, 0.05) is 6.42 Å². The maximum atomic E-state index is 12.4. The average molecular weight is 925 g/mol. The lowest BCUT2D eigenvalue weighted by molar-refractivity contribution is -0.122. The smallest absolute Gasteiger partial charge is 0.220 e. The zero-order valence-corrected chi connectivity index (χ0v) is 43.6. The third-order valence-electron chi connectivity index (χ3n) is 11.9. The fourth-order valence-corrected chi connectivity index (χ4v) is 7.67. The molecular formula is C63H105NO3. The Labute approximate surface area is 415 Å². The Bertz CT molecular complexity index is 1370. The molecule has 3 N–H and O–H groups in total. The second-order valence-electron chi connectivity index (χ2n) is 18.3. The fraction of sp³-hybridized carbons (Fsp3) is 0.635. The van der Waals surface area contributed by atoms with Crippen molar-refractivity contribution in [1.82, 2.24) is 5.32 Å². The third-order valence-corrected chi connectivity index (χ3v) is 11.9. The van der Waals surface area contributed by atoms with Crippen LogP contribution in [0.2, 0.25) is 0 Å². The Hall–Kier alpha value is -3.47. The molecule has 1 amide bonds. The number of aliphatic hydroxyl groups excluding tert-OH is 2. The average Bonchev–Trinajstić information content (AvgIpc) is 3.33. The summed E-state index contributed by atoms with van der Waals surface area (Å²) in [4.78, 5) is 12.4. The van der Waals surface area contributed by atoms with E-state index in [9.17, 15) is 15.0 Å². The van der Waals surface area contributed by atoms with Crippen LogP contribution in [0.15, 0.2) is 134 Å². The van der Waals surface area contributed by atoms with Gasteiger partial charge in [-0.3, -0.25) is 4.79 Å². The van der Waals surface area contributed by atoms with Gasteiger partial charge in [0.1, 0.15) is 0 Å². The number of carbonyl (C=O) groups excluding carboxylic acids is 1. The predicted octanol–water partition coefficient (Wildman–Crippen LogP) is 18.6. The van der Waals surface area contributed by atoms with Crippen LogP contribution in [0.3, 0.4) is 0 Å². The van der Waals surface area contributed by atoms with Gasteiger partial charge in [-0.05, 0) is 96.3 Å². The second-order valence-corrected chi connectivity index (χ2v) is 18.3. The van der Waals surface area contributed by atoms with Gasteiger partial charge in [0.15, 0.2) is 0 Å². The van der Waals surface area contributed by atoms with Gasteiger partial charge < -0.3 is 15.5 Å². The highest BCUT2D eigenvalue weighted by molar-refractivity contribution is 5.76. The minimum absolute atomic E-state index is 0.136. The SMILES string of the molecule is CC/C=C\C/C=C\C/C=C\C/C=C\C/C=C\C/C=C\C/C=C\C/C=C\C/C=C\CCCC(=O)NC(CO)C(O)/C=C/CC/C=C/CCCCCCCCCCCCCCCCCCCCCC. The third kappa shape index (κ3) is 53.4. The molecule has 0 fully saturated rings. The van der Waals surface area contributed by atoms with Crippen molar-refractivity contribution in [3.05, 3.63) is 134 Å². The van der Waals surface area contributed by atoms with Crippen LogP contribution < -0.4 is 5.32 Å². The molecule has 0 aliphatic rings. The zero-order chi connectivity index (χ0) is 48.5. The Balaban J connectivity index is 3.72. The van der Waals surface area contributed by atoms with E-state index >= 15 is 0 Å². The summed E-state index contributed by atoms with van der Waals surface area (Å²) in [6.45, 7) is 4.16. The van der Waals surface area contributed by atoms with E-state index in [2.05, 4.69) is 141 Å². The number of carbonyl (C=O) groups is 1. The van der Waals surface area contributed by atoms with E-state index < -0.39 is 12.1 Å². The molecule has 380 valence electrons. The maximum Gasteiger partial charge on any atom is 0.220 e. The number of rotatable bonds is 49. The summed E-state index contributed by atoms with van der Waals surface area (Å²) in [6.07, 6.45) is 89.0. The van der Waals surface area contributed by atoms with Crippen molar-refractivity contribution in [3.63, 3.8) is 0 Å². The van der Waals surface area contributed by atoms with Gasteiger partial charge in [0.2, 0.25) is 5.91 Å². The molecule has 0 aliphatic heterocycles. The molecule has 0 saturated carbocycles. The highest BCUT2D eigenvalue weighted by atomic mass is 16.3. The normalized spacial score (nSPS) is 13.9. The number of aliphatic hydroxyl groups is 2. The molecule has 0 bridgehead atoms. The van der Waals surface area contributed by atoms with E-state index in [1.54, 1.807) is 6.08 Å². The van der Waals surface area contributed by atoms with Crippen LogP contribution in [0, 0.1) is 0 Å². The van der Waals surface area contributed by atoms with Crippen molar-refractivity contribution in [2.75, 3.05) is 6.61 Å². The van der Waals surface area contributed by atoms with Crippen molar-refractivity contribution in [2.24, 2.45) is 0 Å². The molecule has 4 nitrogen and oxygen atoms in total. The summed E-state index contributed by atoms with van der Waals surface area (Å²) < 4.78 is 0. The van der Waals surface area contributed by atoms with Gasteiger partial charge in [0.25, 0.3) is 0 Å². The Morgan fingerprint density at radius 2 is 0.672 bits per heavy atom. The van der Waals surface area contributed by atoms with Crippen LogP contribution in [0.4, 0.5) is 0 Å². The molecule has 0 saturated heterocycles. The van der Waals surface area contributed by atoms with Crippen LogP contribution in [0.5, 0.6) is 0 Å². The molecule has 0 rings (SSSR count). The van der Waals surface area contributed by atoms with E-state index in [0.717, 1.165) is 89.9 Å². The van der Waals surface area contributed by atoms with Crippen LogP contribution in [0.25, 0.3) is 0 Å². The molecule has 0 aromatic heterocycles. The molecule has 67 heavy (non-hydrogen) atoms. The van der Waals surface area contributed by atoms with E-state index in [4.69, 9.17) is 0 Å². The minimum Gasteiger partial charge on any atom is -0.394 e. The van der Waals surface area contributed by atoms with E-state index in [0.29, 0.717) is 6.42 Å². The number of nitrogens with one attached hydrogen (secondary N) is 1. The highest BCUT2D eigenvalue weighted by Crippen LogP contribution is 2.15. The minimum atomic E-state index is -0.898. The molecule has 4 heteroatoms. The van der Waals surface area contributed by atoms with Crippen LogP contribution in [-0.4, -0.2) is 34.9 Å². The number of unbranched alkanes of at least 4 members (excludes halogenated alkanes) is 22. The predicted molar refractivity (Wildman–Crippen MR) is 299 cm³/mol. The van der Waals surface area contributed by atoms with E-state index in [-0.39, 0.29) is 12.5 Å². The first-order valence-electron chi connectivity index (χ1n) is 27.9. The lowest BCUT2D eigenvalue weighted by Gasteiger charge is -2.19. The molecule has 0 aromatic rings. The van der Waals surface area contributed by atoms with Crippen molar-refractivity contribution in [3.8, 4) is 0 Å². The van der Waals surface area contributed by atoms with Gasteiger partial charge in [-0.15, -0.1) is 0 Å². The quantitative estimate of drug-likeness (QED) is 0.0421. The number of amides is 1. The molecule has 0 heterocycles. The van der Waals surface area contributed by atoms with Gasteiger partial charge in [0.05, 0.1) is 18.8 Å². The first-order chi connectivity index (χ1) is 33.2. The molecule has 2 atom stereocenters. The Morgan fingerprint density at radius 1 is 0.373 bits per heavy atom. The summed E-state index contributed by atoms with van der Waals surface area (Å²) in [7, 11) is 0. The molecule has 2 unspecified atom stereocenters. The number of allylic oxidation sites excluding steroid dienone is 21. The fourth-order valence-electron chi connectivity index (χ4n) is 7.67. The van der Waals surface area contributed by atoms with E-state index in [1.165, 1.54) is 128 Å². The number of hydrogen-bond acceptors (Lipinski definition) is 3. The molecular weight excluding hydrogens is 819 g/mol. The molecule has 0 radical (unpaired) electrons. The lowest BCUT2D eigenvalue weighted by Crippen LogP contribution is -2.45. The first-order valence-corrected chi connectivity index (χ1v) is 27.9. The van der Waals surface area contributed by atoms with Crippen LogP contribution in [0.1, 0.15) is 239 Å². The van der Waals surface area contributed by atoms with Crippen molar-refractivity contribution >= 4 is 5.91 Å². The van der Waals surface area contributed by atoms with Crippen molar-refractivity contribution in [2.45, 2.75) is 251 Å². The summed E-state index contributed by atoms with van der Waals surface area (Å²) in [6, 6.07) is -0.682. The lowest BCUT2D eigenvalue weighted by atomic mass is 10.0. The summed E-state index contributed by atoms with van der Waals surface area (Å²) in [5, 5.41) is 23.1.